The Kier molecular flexibility index (Phi) is 8.45. The van der Waals surface area contributed by atoms with Gasteiger partial charge in [0.2, 0.25) is 18.0 Å². The number of nitrogens with zero attached hydrogens (tertiary/aromatic N) is 2. The highest BCUT2D eigenvalue weighted by Crippen LogP contribution is 2.40. The summed E-state index contributed by atoms with van der Waals surface area (Å²) < 4.78 is 74.1. The minimum absolute atomic E-state index is 0.00821. The lowest BCUT2D eigenvalue weighted by Crippen LogP contribution is -2.51. The molecule has 0 radical (unpaired) electrons. The zero-order valence-corrected chi connectivity index (χ0v) is 21.9. The van der Waals surface area contributed by atoms with Crippen LogP contribution in [0.1, 0.15) is 37.3 Å². The van der Waals surface area contributed by atoms with E-state index in [2.05, 4.69) is 10.3 Å². The Morgan fingerprint density at radius 3 is 2.54 bits per heavy atom. The van der Waals surface area contributed by atoms with Crippen molar-refractivity contribution in [3.8, 4) is 5.75 Å². The molecule has 4 rings (SSSR count). The summed E-state index contributed by atoms with van der Waals surface area (Å²) in [6, 6.07) is 12.9. The molecule has 41 heavy (non-hydrogen) atoms. The number of carbonyl (C=O) groups excluding carboxylic acids is 3. The number of ether oxygens (including phenoxy) is 1. The van der Waals surface area contributed by atoms with Gasteiger partial charge in [-0.15, -0.1) is 0 Å². The fourth-order valence-corrected chi connectivity index (χ4v) is 4.72. The minimum atomic E-state index is -4.70. The molecule has 0 aliphatic carbocycles. The minimum Gasteiger partial charge on any atom is -0.485 e. The number of benzene rings is 2. The molecule has 2 heterocycles. The largest absolute Gasteiger partial charge is 0.485 e. The second-order valence-electron chi connectivity index (χ2n) is 9.66. The van der Waals surface area contributed by atoms with Gasteiger partial charge in [0.1, 0.15) is 5.75 Å². The number of allylic oxidation sites excluding steroid dienone is 1. The van der Waals surface area contributed by atoms with Crippen LogP contribution < -0.4 is 20.7 Å². The summed E-state index contributed by atoms with van der Waals surface area (Å²) in [4.78, 5) is 44.5. The number of hydrogen-bond donors (Lipinski definition) is 2. The first-order chi connectivity index (χ1) is 19.3. The topological polar surface area (TPSA) is 114 Å². The molecule has 2 atom stereocenters. The van der Waals surface area contributed by atoms with E-state index in [1.807, 2.05) is 0 Å². The zero-order valence-electron chi connectivity index (χ0n) is 21.9. The molecule has 13 heteroatoms. The number of alkyl halides is 5. The maximum absolute atomic E-state index is 14.7. The van der Waals surface area contributed by atoms with Gasteiger partial charge in [0, 0.05) is 16.7 Å². The Labute approximate surface area is 232 Å². The summed E-state index contributed by atoms with van der Waals surface area (Å²) in [6.07, 6.45) is -7.25. The molecule has 0 saturated heterocycles. The van der Waals surface area contributed by atoms with E-state index >= 15 is 0 Å². The van der Waals surface area contributed by atoms with Crippen LogP contribution in [0, 0.1) is 5.92 Å². The molecular weight excluding hydrogens is 551 g/mol. The van der Waals surface area contributed by atoms with Gasteiger partial charge in [0.05, 0.1) is 30.3 Å². The standard InChI is InChI=1S/C28H27F5N4O4/c1-2-7-17(23(34)38)18(12-13-28(31,32)33)25(39)36-24-26(40)37-14-27(29,30)15-41-20-11-6-10-19(22(20)37)21(35-24)16-8-4-3-5-9-16/h3-6,8-12,17,24H,2,7,13-15H2,1H3,(H2,34,38)(H,36,39)/b18-12-/t17-,24+/m0/s1. The van der Waals surface area contributed by atoms with Crippen molar-refractivity contribution in [1.29, 1.82) is 0 Å². The summed E-state index contributed by atoms with van der Waals surface area (Å²) in [5.74, 6) is -8.17. The molecule has 2 aliphatic heterocycles. The van der Waals surface area contributed by atoms with E-state index < -0.39 is 67.0 Å². The van der Waals surface area contributed by atoms with Crippen LogP contribution in [-0.4, -0.2) is 54.8 Å². The highest BCUT2D eigenvalue weighted by Gasteiger charge is 2.44. The Hall–Kier alpha value is -4.29. The van der Waals surface area contributed by atoms with Crippen LogP contribution in [0.2, 0.25) is 0 Å². The maximum atomic E-state index is 14.7. The molecule has 218 valence electrons. The molecule has 2 aliphatic rings. The van der Waals surface area contributed by atoms with Crippen molar-refractivity contribution < 1.29 is 41.1 Å². The third-order valence-electron chi connectivity index (χ3n) is 6.54. The van der Waals surface area contributed by atoms with Crippen LogP contribution in [0.4, 0.5) is 27.6 Å². The van der Waals surface area contributed by atoms with Gasteiger partial charge < -0.3 is 15.8 Å². The molecule has 0 bridgehead atoms. The van der Waals surface area contributed by atoms with Crippen LogP contribution in [-0.2, 0) is 14.4 Å². The number of rotatable bonds is 8. The van der Waals surface area contributed by atoms with Crippen molar-refractivity contribution in [2.45, 2.75) is 44.5 Å². The van der Waals surface area contributed by atoms with Gasteiger partial charge in [-0.3, -0.25) is 19.3 Å². The molecule has 0 fully saturated rings. The fraction of sp³-hybridized carbons (Fsp3) is 0.357. The third-order valence-corrected chi connectivity index (χ3v) is 6.54. The van der Waals surface area contributed by atoms with Crippen LogP contribution >= 0.6 is 0 Å². The smallest absolute Gasteiger partial charge is 0.392 e. The number of para-hydroxylation sites is 1. The van der Waals surface area contributed by atoms with E-state index in [9.17, 15) is 36.3 Å². The summed E-state index contributed by atoms with van der Waals surface area (Å²) in [5.41, 5.74) is 5.73. The van der Waals surface area contributed by atoms with E-state index in [-0.39, 0.29) is 29.1 Å². The lowest BCUT2D eigenvalue weighted by atomic mass is 9.91. The normalized spacial score (nSPS) is 19.2. The van der Waals surface area contributed by atoms with Crippen molar-refractivity contribution in [1.82, 2.24) is 5.32 Å². The highest BCUT2D eigenvalue weighted by molar-refractivity contribution is 6.21. The van der Waals surface area contributed by atoms with Crippen LogP contribution in [0.5, 0.6) is 5.75 Å². The van der Waals surface area contributed by atoms with E-state index in [1.54, 1.807) is 43.3 Å². The number of aliphatic imine (C=N–C) groups is 1. The molecule has 0 spiro atoms. The van der Waals surface area contributed by atoms with Crippen LogP contribution in [0.3, 0.4) is 0 Å². The summed E-state index contributed by atoms with van der Waals surface area (Å²) >= 11 is 0. The van der Waals surface area contributed by atoms with Gasteiger partial charge in [-0.25, -0.2) is 13.8 Å². The lowest BCUT2D eigenvalue weighted by Gasteiger charge is -2.27. The summed E-state index contributed by atoms with van der Waals surface area (Å²) in [5, 5.41) is 2.28. The Morgan fingerprint density at radius 1 is 1.20 bits per heavy atom. The molecule has 0 aromatic heterocycles. The van der Waals surface area contributed by atoms with E-state index in [0.717, 1.165) is 4.90 Å². The number of anilines is 1. The van der Waals surface area contributed by atoms with E-state index in [0.29, 0.717) is 18.1 Å². The quantitative estimate of drug-likeness (QED) is 0.362. The maximum Gasteiger partial charge on any atom is 0.392 e. The second-order valence-corrected chi connectivity index (χ2v) is 9.66. The zero-order chi connectivity index (χ0) is 29.9. The van der Waals surface area contributed by atoms with Crippen LogP contribution in [0.25, 0.3) is 0 Å². The molecule has 3 N–H and O–H groups in total. The van der Waals surface area contributed by atoms with Gasteiger partial charge in [-0.1, -0.05) is 61.9 Å². The monoisotopic (exact) mass is 578 g/mol. The number of primary amides is 1. The van der Waals surface area contributed by atoms with E-state index in [4.69, 9.17) is 10.5 Å². The first-order valence-corrected chi connectivity index (χ1v) is 12.8. The molecule has 2 aromatic rings. The molecule has 3 amide bonds. The molecular formula is C28H27F5N4O4. The van der Waals surface area contributed by atoms with Crippen molar-refractivity contribution >= 4 is 29.1 Å². The summed E-state index contributed by atoms with van der Waals surface area (Å²) in [7, 11) is 0. The highest BCUT2D eigenvalue weighted by atomic mass is 19.4. The second kappa shape index (κ2) is 11.7. The fourth-order valence-electron chi connectivity index (χ4n) is 4.72. The summed E-state index contributed by atoms with van der Waals surface area (Å²) in [6.45, 7) is -0.461. The third kappa shape index (κ3) is 6.72. The van der Waals surface area contributed by atoms with Crippen molar-refractivity contribution in [2.24, 2.45) is 16.6 Å². The molecule has 8 nitrogen and oxygen atoms in total. The van der Waals surface area contributed by atoms with Gasteiger partial charge in [0.25, 0.3) is 11.8 Å². The molecule has 0 unspecified atom stereocenters. The van der Waals surface area contributed by atoms with Crippen LogP contribution in [0.15, 0.2) is 65.2 Å². The Balaban J connectivity index is 1.84. The van der Waals surface area contributed by atoms with Crippen molar-refractivity contribution in [3.63, 3.8) is 0 Å². The van der Waals surface area contributed by atoms with Gasteiger partial charge >= 0.3 is 6.18 Å². The number of nitrogens with two attached hydrogens (primary N) is 1. The predicted molar refractivity (Wildman–Crippen MR) is 140 cm³/mol. The molecule has 2 aromatic carbocycles. The lowest BCUT2D eigenvalue weighted by molar-refractivity contribution is -0.129. The van der Waals surface area contributed by atoms with Crippen molar-refractivity contribution in [2.75, 3.05) is 18.1 Å². The average Bonchev–Trinajstić information content (AvgIpc) is 3.12. The van der Waals surface area contributed by atoms with E-state index in [1.165, 1.54) is 12.1 Å². The first kappa shape index (κ1) is 29.7. The SMILES string of the molecule is CCC[C@H](C(N)=O)/C(=C/CC(F)(F)F)C(=O)N[C@H]1N=C(c2ccccc2)c2cccc3c2N(CC(F)(F)CO3)C1=O. The van der Waals surface area contributed by atoms with Gasteiger partial charge in [0.15, 0.2) is 6.61 Å². The number of halogens is 5. The Bertz CT molecular complexity index is 1390. The van der Waals surface area contributed by atoms with Gasteiger partial charge in [-0.05, 0) is 12.5 Å². The first-order valence-electron chi connectivity index (χ1n) is 12.8. The number of amides is 3. The van der Waals surface area contributed by atoms with Gasteiger partial charge in [-0.2, -0.15) is 13.2 Å². The Morgan fingerprint density at radius 2 is 1.90 bits per heavy atom. The number of nitrogens with one attached hydrogen (secondary N) is 1. The number of hydrogen-bond acceptors (Lipinski definition) is 5. The average molecular weight is 579 g/mol. The predicted octanol–water partition coefficient (Wildman–Crippen LogP) is 4.12. The van der Waals surface area contributed by atoms with Crippen molar-refractivity contribution in [3.05, 3.63) is 71.3 Å². The molecule has 0 saturated carbocycles. The number of carbonyl (C=O) groups is 3.